The molecule has 5 aromatic rings. The van der Waals surface area contributed by atoms with E-state index in [1.165, 1.54) is 75.0 Å². The predicted octanol–water partition coefficient (Wildman–Crippen LogP) is 7.35. The summed E-state index contributed by atoms with van der Waals surface area (Å²) in [6.07, 6.45) is 6.91. The number of aromatic hydroxyl groups is 1. The Morgan fingerprint density at radius 1 is 0.800 bits per heavy atom. The molecule has 0 spiro atoms. The number of carboxylic acid groups (broad SMARTS) is 1. The predicted molar refractivity (Wildman–Crippen MR) is 201 cm³/mol. The molecule has 9 nitrogen and oxygen atoms in total. The number of rotatable bonds is 13. The maximum Gasteiger partial charge on any atom is 0.409 e. The third kappa shape index (κ3) is 10.8. The number of hydrogen-bond acceptors (Lipinski definition) is 6. The van der Waals surface area contributed by atoms with Crippen LogP contribution in [0.3, 0.4) is 0 Å². The number of piperidine rings is 1. The third-order valence-corrected chi connectivity index (χ3v) is 9.11. The van der Waals surface area contributed by atoms with E-state index in [9.17, 15) is 19.8 Å². The van der Waals surface area contributed by atoms with Gasteiger partial charge in [0.05, 0.1) is 17.3 Å². The second-order valence-electron chi connectivity index (χ2n) is 12.8. The molecule has 1 amide bonds. The van der Waals surface area contributed by atoms with Crippen molar-refractivity contribution in [1.82, 2.24) is 15.2 Å². The average molecular weight is 677 g/mol. The number of pyridine rings is 1. The number of H-pyrrole nitrogens is 1. The topological polar surface area (TPSA) is 138 Å². The quantitative estimate of drug-likeness (QED) is 0.0718. The Morgan fingerprint density at radius 2 is 1.50 bits per heavy atom. The number of aliphatic hydroxyl groups is 1. The number of hydrogen-bond donors (Lipinski definition) is 6. The van der Waals surface area contributed by atoms with Gasteiger partial charge in [0.15, 0.2) is 0 Å². The summed E-state index contributed by atoms with van der Waals surface area (Å²) < 4.78 is 0. The molecule has 1 aliphatic heterocycles. The number of aromatic nitrogens is 1. The van der Waals surface area contributed by atoms with Crippen LogP contribution in [0.1, 0.15) is 54.9 Å². The van der Waals surface area contributed by atoms with Gasteiger partial charge >= 0.3 is 6.09 Å². The van der Waals surface area contributed by atoms with E-state index in [1.54, 1.807) is 24.3 Å². The second kappa shape index (κ2) is 18.7. The van der Waals surface area contributed by atoms with E-state index >= 15 is 0 Å². The summed E-state index contributed by atoms with van der Waals surface area (Å²) in [5.41, 5.74) is 5.92. The van der Waals surface area contributed by atoms with Crippen LogP contribution in [0.15, 0.2) is 108 Å². The lowest BCUT2D eigenvalue weighted by molar-refractivity contribution is 0.176. The molecule has 6 rings (SSSR count). The number of aromatic amines is 1. The van der Waals surface area contributed by atoms with E-state index < -0.39 is 12.2 Å². The van der Waals surface area contributed by atoms with Crippen LogP contribution < -0.4 is 16.2 Å². The summed E-state index contributed by atoms with van der Waals surface area (Å²) >= 11 is 0. The first-order valence-corrected chi connectivity index (χ1v) is 17.6. The number of phenols is 1. The fourth-order valence-corrected chi connectivity index (χ4v) is 6.43. The van der Waals surface area contributed by atoms with Gasteiger partial charge in [-0.3, -0.25) is 10.1 Å². The van der Waals surface area contributed by atoms with Gasteiger partial charge in [-0.2, -0.15) is 0 Å². The third-order valence-electron chi connectivity index (χ3n) is 9.11. The Labute approximate surface area is 293 Å². The van der Waals surface area contributed by atoms with Gasteiger partial charge in [0.1, 0.15) is 5.75 Å². The summed E-state index contributed by atoms with van der Waals surface area (Å²) in [6, 6.07) is 32.2. The molecule has 2 heterocycles. The first kappa shape index (κ1) is 36.3. The van der Waals surface area contributed by atoms with Crippen molar-refractivity contribution < 1.29 is 20.1 Å². The minimum Gasteiger partial charge on any atom is -0.506 e. The normalized spacial score (nSPS) is 13.7. The Bertz CT molecular complexity index is 1850. The Morgan fingerprint density at radius 3 is 2.24 bits per heavy atom. The number of anilines is 1. The van der Waals surface area contributed by atoms with Crippen LogP contribution in [-0.4, -0.2) is 64.0 Å². The molecule has 0 aliphatic carbocycles. The number of likely N-dealkylation sites (tertiary alicyclic amines) is 1. The first-order valence-electron chi connectivity index (χ1n) is 17.6. The van der Waals surface area contributed by atoms with E-state index in [-0.39, 0.29) is 11.3 Å². The summed E-state index contributed by atoms with van der Waals surface area (Å²) in [4.78, 5) is 27.5. The molecule has 1 atom stereocenters. The van der Waals surface area contributed by atoms with Crippen molar-refractivity contribution in [3.63, 3.8) is 0 Å². The van der Waals surface area contributed by atoms with Crippen molar-refractivity contribution in [2.45, 2.75) is 51.0 Å². The second-order valence-corrected chi connectivity index (χ2v) is 12.8. The number of unbranched alkanes of at least 4 members (excludes halogenated alkanes) is 1. The lowest BCUT2D eigenvalue weighted by Crippen LogP contribution is -2.30. The smallest absolute Gasteiger partial charge is 0.409 e. The lowest BCUT2D eigenvalue weighted by atomic mass is 10.0. The van der Waals surface area contributed by atoms with Crippen LogP contribution in [0.5, 0.6) is 5.75 Å². The fourth-order valence-electron chi connectivity index (χ4n) is 6.43. The van der Waals surface area contributed by atoms with Crippen LogP contribution in [0, 0.1) is 0 Å². The fraction of sp³-hybridized carbons (Fsp3) is 0.317. The number of amides is 1. The molecule has 1 aromatic heterocycles. The molecule has 1 saturated heterocycles. The molecule has 4 aromatic carbocycles. The molecule has 0 saturated carbocycles. The molecular weight excluding hydrogens is 628 g/mol. The van der Waals surface area contributed by atoms with E-state index in [2.05, 4.69) is 44.8 Å². The number of nitrogens with zero attached hydrogens (tertiary/aromatic N) is 1. The molecule has 0 radical (unpaired) electrons. The maximum absolute atomic E-state index is 11.6. The minimum absolute atomic E-state index is 0.00190. The lowest BCUT2D eigenvalue weighted by Gasteiger charge is -2.26. The Balaban J connectivity index is 0.000000253. The zero-order valence-electron chi connectivity index (χ0n) is 28.5. The summed E-state index contributed by atoms with van der Waals surface area (Å²) in [7, 11) is 0. The summed E-state index contributed by atoms with van der Waals surface area (Å²) in [6.45, 7) is 4.97. The number of phenolic OH excluding ortho intramolecular Hbond substituents is 1. The summed E-state index contributed by atoms with van der Waals surface area (Å²) in [5, 5.41) is 35.8. The van der Waals surface area contributed by atoms with Crippen molar-refractivity contribution in [3.05, 3.63) is 130 Å². The molecule has 1 aliphatic rings. The molecule has 6 N–H and O–H groups in total. The Kier molecular flexibility index (Phi) is 13.6. The van der Waals surface area contributed by atoms with Crippen LogP contribution in [0.4, 0.5) is 10.5 Å². The number of carbonyl (C=O) groups is 1. The molecular formula is C41H48N4O5. The zero-order chi connectivity index (χ0) is 35.1. The molecule has 9 heteroatoms. The molecule has 262 valence electrons. The SMILES string of the molecule is O=C(O)Nc1ccccc1-c1ccccc1.O=c1ccc2c([C@@H](O)CNCCc3ccc(CCCCN4CCCCC4)cc3)ccc(O)c2[nH]1. The number of fused-ring (bicyclic) bond motifs is 1. The highest BCUT2D eigenvalue weighted by Crippen LogP contribution is 2.29. The van der Waals surface area contributed by atoms with Crippen LogP contribution >= 0.6 is 0 Å². The van der Waals surface area contributed by atoms with Gasteiger partial charge in [-0.05, 0) is 105 Å². The summed E-state index contributed by atoms with van der Waals surface area (Å²) in [5.74, 6) is 0.00190. The largest absolute Gasteiger partial charge is 0.506 e. The zero-order valence-corrected chi connectivity index (χ0v) is 28.5. The van der Waals surface area contributed by atoms with Gasteiger partial charge in [-0.25, -0.2) is 4.79 Å². The van der Waals surface area contributed by atoms with E-state index in [1.807, 2.05) is 42.5 Å². The number of aliphatic hydroxyl groups excluding tert-OH is 1. The highest BCUT2D eigenvalue weighted by atomic mass is 16.4. The van der Waals surface area contributed by atoms with Gasteiger partial charge in [-0.1, -0.05) is 85.3 Å². The number of benzene rings is 4. The molecule has 50 heavy (non-hydrogen) atoms. The molecule has 0 unspecified atom stereocenters. The van der Waals surface area contributed by atoms with Crippen molar-refractivity contribution in [3.8, 4) is 16.9 Å². The van der Waals surface area contributed by atoms with E-state index in [0.29, 0.717) is 28.7 Å². The van der Waals surface area contributed by atoms with Crippen molar-refractivity contribution in [1.29, 1.82) is 0 Å². The van der Waals surface area contributed by atoms with Crippen molar-refractivity contribution in [2.24, 2.45) is 0 Å². The highest BCUT2D eigenvalue weighted by molar-refractivity contribution is 5.90. The highest BCUT2D eigenvalue weighted by Gasteiger charge is 2.14. The van der Waals surface area contributed by atoms with Gasteiger partial charge in [-0.15, -0.1) is 0 Å². The molecule has 1 fully saturated rings. The first-order chi connectivity index (χ1) is 24.4. The maximum atomic E-state index is 11.6. The van der Waals surface area contributed by atoms with Crippen molar-refractivity contribution >= 4 is 22.7 Å². The van der Waals surface area contributed by atoms with Gasteiger partial charge in [0, 0.05) is 23.6 Å². The van der Waals surface area contributed by atoms with Crippen molar-refractivity contribution in [2.75, 3.05) is 38.0 Å². The van der Waals surface area contributed by atoms with E-state index in [4.69, 9.17) is 5.11 Å². The molecule has 0 bridgehead atoms. The number of nitrogens with one attached hydrogen (secondary N) is 3. The van der Waals surface area contributed by atoms with Crippen LogP contribution in [-0.2, 0) is 12.8 Å². The van der Waals surface area contributed by atoms with Gasteiger partial charge < -0.3 is 30.5 Å². The Hall–Kier alpha value is -4.96. The number of aryl methyl sites for hydroxylation is 1. The monoisotopic (exact) mass is 676 g/mol. The van der Waals surface area contributed by atoms with Gasteiger partial charge in [0.25, 0.3) is 0 Å². The minimum atomic E-state index is -1.05. The number of para-hydroxylation sites is 1. The van der Waals surface area contributed by atoms with Gasteiger partial charge in [0.2, 0.25) is 5.56 Å². The van der Waals surface area contributed by atoms with E-state index in [0.717, 1.165) is 30.5 Å². The average Bonchev–Trinajstić information content (AvgIpc) is 3.14. The van der Waals surface area contributed by atoms with Crippen LogP contribution in [0.25, 0.3) is 22.0 Å². The van der Waals surface area contributed by atoms with Crippen LogP contribution in [0.2, 0.25) is 0 Å². The standard InChI is InChI=1S/C28H37N3O3.C13H11NO2/c32-25-13-11-23(24-12-14-27(34)30-28(24)25)26(33)20-29-16-15-22-9-7-21(8-10-22)6-2-5-19-31-17-3-1-4-18-31;15-13(16)14-12-9-5-4-8-11(12)10-6-2-1-3-7-10/h7-14,26,29,32-33H,1-6,15-20H2,(H,30,34);1-9,14H,(H,15,16)/t26-;/m0./s1.